The fraction of sp³-hybridized carbons (Fsp3) is 0.500. The Hall–Kier alpha value is -1.00. The van der Waals surface area contributed by atoms with Crippen molar-refractivity contribution < 1.29 is 18.4 Å². The van der Waals surface area contributed by atoms with Crippen LogP contribution in [0.3, 0.4) is 0 Å². The largest absolute Gasteiger partial charge is 0.342 e. The molecule has 0 bridgehead atoms. The normalized spacial score (nSPS) is 14.8. The summed E-state index contributed by atoms with van der Waals surface area (Å²) in [5.41, 5.74) is 7.01. The van der Waals surface area contributed by atoms with E-state index < -0.39 is 19.3 Å². The molecule has 1 aromatic rings. The SMILES string of the molecule is CCc1ccccc1C(N)C(C(C)=O)P(=O)(OC)OC. The molecule has 0 heterocycles. The minimum Gasteiger partial charge on any atom is -0.323 e. The smallest absolute Gasteiger partial charge is 0.323 e. The van der Waals surface area contributed by atoms with Gasteiger partial charge in [0.05, 0.1) is 6.04 Å². The Labute approximate surface area is 120 Å². The van der Waals surface area contributed by atoms with Gasteiger partial charge < -0.3 is 14.8 Å². The highest BCUT2D eigenvalue weighted by atomic mass is 31.2. The molecule has 0 aromatic heterocycles. The Morgan fingerprint density at radius 3 is 2.30 bits per heavy atom. The first-order valence-corrected chi connectivity index (χ1v) is 8.07. The van der Waals surface area contributed by atoms with Crippen molar-refractivity contribution >= 4 is 13.4 Å². The van der Waals surface area contributed by atoms with Crippen LogP contribution in [0, 0.1) is 0 Å². The monoisotopic (exact) mass is 299 g/mol. The maximum Gasteiger partial charge on any atom is 0.342 e. The Morgan fingerprint density at radius 1 is 1.30 bits per heavy atom. The molecule has 0 aliphatic rings. The number of carbonyl (C=O) groups excluding carboxylic acids is 1. The highest BCUT2D eigenvalue weighted by Gasteiger charge is 2.43. The van der Waals surface area contributed by atoms with Gasteiger partial charge in [0.25, 0.3) is 0 Å². The Kier molecular flexibility index (Phi) is 6.08. The van der Waals surface area contributed by atoms with Crippen molar-refractivity contribution in [2.45, 2.75) is 32.0 Å². The number of rotatable bonds is 7. The second kappa shape index (κ2) is 7.14. The quantitative estimate of drug-likeness (QED) is 0.783. The van der Waals surface area contributed by atoms with Gasteiger partial charge in [0.1, 0.15) is 11.4 Å². The van der Waals surface area contributed by atoms with E-state index in [-0.39, 0.29) is 5.78 Å². The van der Waals surface area contributed by atoms with E-state index in [9.17, 15) is 9.36 Å². The summed E-state index contributed by atoms with van der Waals surface area (Å²) in [7, 11) is -1.05. The molecule has 0 spiro atoms. The van der Waals surface area contributed by atoms with Crippen LogP contribution < -0.4 is 5.73 Å². The van der Waals surface area contributed by atoms with Crippen molar-refractivity contribution in [2.75, 3.05) is 14.2 Å². The number of hydrogen-bond donors (Lipinski definition) is 1. The van der Waals surface area contributed by atoms with Gasteiger partial charge in [-0.1, -0.05) is 31.2 Å². The molecule has 2 N–H and O–H groups in total. The van der Waals surface area contributed by atoms with Gasteiger partial charge in [0.15, 0.2) is 0 Å². The molecule has 0 amide bonds. The van der Waals surface area contributed by atoms with Crippen molar-refractivity contribution in [3.8, 4) is 0 Å². The van der Waals surface area contributed by atoms with Crippen molar-refractivity contribution in [1.82, 2.24) is 0 Å². The number of hydrogen-bond acceptors (Lipinski definition) is 5. The van der Waals surface area contributed by atoms with Crippen LogP contribution in [-0.4, -0.2) is 25.7 Å². The fourth-order valence-electron chi connectivity index (χ4n) is 2.33. The first kappa shape index (κ1) is 17.1. The van der Waals surface area contributed by atoms with Crippen molar-refractivity contribution in [3.05, 3.63) is 35.4 Å². The molecule has 0 saturated heterocycles. The van der Waals surface area contributed by atoms with Gasteiger partial charge in [-0.15, -0.1) is 0 Å². The van der Waals surface area contributed by atoms with Crippen LogP contribution in [-0.2, 0) is 24.8 Å². The number of Topliss-reactive ketones (excluding diaryl/α,β-unsaturated/α-hetero) is 1. The van der Waals surface area contributed by atoms with Crippen molar-refractivity contribution in [2.24, 2.45) is 5.73 Å². The second-order valence-electron chi connectivity index (χ2n) is 4.54. The molecule has 2 atom stereocenters. The zero-order valence-corrected chi connectivity index (χ0v) is 13.2. The molecule has 0 radical (unpaired) electrons. The van der Waals surface area contributed by atoms with E-state index in [0.29, 0.717) is 0 Å². The molecule has 0 aliphatic carbocycles. The molecular weight excluding hydrogens is 277 g/mol. The lowest BCUT2D eigenvalue weighted by atomic mass is 9.95. The summed E-state index contributed by atoms with van der Waals surface area (Å²) in [5.74, 6) is -0.310. The molecule has 0 aliphatic heterocycles. The maximum atomic E-state index is 12.6. The minimum atomic E-state index is -3.57. The summed E-state index contributed by atoms with van der Waals surface area (Å²) in [6.45, 7) is 3.35. The molecular formula is C14H22NO4P. The molecule has 0 fully saturated rings. The van der Waals surface area contributed by atoms with E-state index in [0.717, 1.165) is 17.5 Å². The summed E-state index contributed by atoms with van der Waals surface area (Å²) in [5, 5.41) is 0. The van der Waals surface area contributed by atoms with Crippen LogP contribution in [0.15, 0.2) is 24.3 Å². The highest BCUT2D eigenvalue weighted by molar-refractivity contribution is 7.55. The van der Waals surface area contributed by atoms with E-state index in [1.807, 2.05) is 31.2 Å². The van der Waals surface area contributed by atoms with E-state index in [4.69, 9.17) is 14.8 Å². The topological polar surface area (TPSA) is 78.6 Å². The van der Waals surface area contributed by atoms with E-state index in [1.165, 1.54) is 21.1 Å². The Balaban J connectivity index is 3.29. The predicted octanol–water partition coefficient (Wildman–Crippen LogP) is 2.69. The third-order valence-electron chi connectivity index (χ3n) is 3.40. The van der Waals surface area contributed by atoms with Crippen LogP contribution in [0.5, 0.6) is 0 Å². The summed E-state index contributed by atoms with van der Waals surface area (Å²) in [4.78, 5) is 11.9. The number of carbonyl (C=O) groups is 1. The lowest BCUT2D eigenvalue weighted by Crippen LogP contribution is -2.33. The zero-order valence-electron chi connectivity index (χ0n) is 12.3. The molecule has 1 rings (SSSR count). The van der Waals surface area contributed by atoms with Crippen molar-refractivity contribution in [3.63, 3.8) is 0 Å². The van der Waals surface area contributed by atoms with Crippen LogP contribution >= 0.6 is 7.60 Å². The summed E-state index contributed by atoms with van der Waals surface area (Å²) < 4.78 is 22.5. The van der Waals surface area contributed by atoms with E-state index >= 15 is 0 Å². The lowest BCUT2D eigenvalue weighted by molar-refractivity contribution is -0.117. The predicted molar refractivity (Wildman–Crippen MR) is 78.8 cm³/mol. The van der Waals surface area contributed by atoms with Gasteiger partial charge >= 0.3 is 7.60 Å². The summed E-state index contributed by atoms with van der Waals surface area (Å²) in [6.07, 6.45) is 0.777. The average molecular weight is 299 g/mol. The summed E-state index contributed by atoms with van der Waals surface area (Å²) in [6, 6.07) is 6.81. The minimum absolute atomic E-state index is 0.310. The highest BCUT2D eigenvalue weighted by Crippen LogP contribution is 2.55. The number of ketones is 1. The molecule has 6 heteroatoms. The number of benzene rings is 1. The third-order valence-corrected chi connectivity index (χ3v) is 5.79. The first-order chi connectivity index (χ1) is 9.41. The molecule has 0 saturated carbocycles. The Morgan fingerprint density at radius 2 is 1.85 bits per heavy atom. The van der Waals surface area contributed by atoms with Crippen LogP contribution in [0.4, 0.5) is 0 Å². The average Bonchev–Trinajstić information content (AvgIpc) is 2.46. The maximum absolute atomic E-state index is 12.6. The van der Waals surface area contributed by atoms with Gasteiger partial charge in [-0.05, 0) is 24.5 Å². The Bertz CT molecular complexity index is 510. The third kappa shape index (κ3) is 3.36. The standard InChI is InChI=1S/C14H22NO4P/c1-5-11-8-6-7-9-12(11)13(15)14(10(2)16)20(17,18-3)19-4/h6-9,13-14H,5,15H2,1-4H3. The molecule has 2 unspecified atom stereocenters. The van der Waals surface area contributed by atoms with Crippen LogP contribution in [0.25, 0.3) is 0 Å². The zero-order chi connectivity index (χ0) is 15.3. The number of nitrogens with two attached hydrogens (primary N) is 1. The molecule has 5 nitrogen and oxygen atoms in total. The lowest BCUT2D eigenvalue weighted by Gasteiger charge is -2.28. The van der Waals surface area contributed by atoms with Gasteiger partial charge in [-0.25, -0.2) is 0 Å². The van der Waals surface area contributed by atoms with Gasteiger partial charge in [-0.3, -0.25) is 9.36 Å². The first-order valence-electron chi connectivity index (χ1n) is 6.46. The van der Waals surface area contributed by atoms with Crippen LogP contribution in [0.2, 0.25) is 0 Å². The van der Waals surface area contributed by atoms with E-state index in [2.05, 4.69) is 0 Å². The van der Waals surface area contributed by atoms with Gasteiger partial charge in [0, 0.05) is 14.2 Å². The van der Waals surface area contributed by atoms with E-state index in [1.54, 1.807) is 0 Å². The van der Waals surface area contributed by atoms with Crippen molar-refractivity contribution in [1.29, 1.82) is 0 Å². The van der Waals surface area contributed by atoms with Gasteiger partial charge in [0.2, 0.25) is 0 Å². The number of aryl methyl sites for hydroxylation is 1. The molecule has 1 aromatic carbocycles. The fourth-order valence-corrected chi connectivity index (χ4v) is 3.93. The molecule has 112 valence electrons. The van der Waals surface area contributed by atoms with Gasteiger partial charge in [-0.2, -0.15) is 0 Å². The molecule has 20 heavy (non-hydrogen) atoms. The summed E-state index contributed by atoms with van der Waals surface area (Å²) >= 11 is 0. The van der Waals surface area contributed by atoms with Crippen LogP contribution in [0.1, 0.15) is 31.0 Å². The second-order valence-corrected chi connectivity index (χ2v) is 6.90.